The third-order valence-electron chi connectivity index (χ3n) is 4.00. The van der Waals surface area contributed by atoms with Crippen molar-refractivity contribution >= 4 is 17.6 Å². The Morgan fingerprint density at radius 1 is 1.31 bits per heavy atom. The van der Waals surface area contributed by atoms with Crippen molar-refractivity contribution in [1.82, 2.24) is 25.4 Å². The SMILES string of the molecule is CCc1nncn1CCNC(=NC)NCc1cc(Cl)c2c(c1)OCCO2. The van der Waals surface area contributed by atoms with E-state index in [1.165, 1.54) is 0 Å². The van der Waals surface area contributed by atoms with Crippen LogP contribution < -0.4 is 20.1 Å². The first-order valence-corrected chi connectivity index (χ1v) is 8.98. The molecule has 26 heavy (non-hydrogen) atoms. The minimum Gasteiger partial charge on any atom is -0.486 e. The van der Waals surface area contributed by atoms with Gasteiger partial charge in [-0.2, -0.15) is 0 Å². The second-order valence-corrected chi connectivity index (χ2v) is 6.16. The van der Waals surface area contributed by atoms with Gasteiger partial charge in [-0.15, -0.1) is 10.2 Å². The van der Waals surface area contributed by atoms with Crippen LogP contribution in [0.2, 0.25) is 5.02 Å². The van der Waals surface area contributed by atoms with E-state index in [2.05, 4.69) is 32.7 Å². The van der Waals surface area contributed by atoms with E-state index in [4.69, 9.17) is 21.1 Å². The third-order valence-corrected chi connectivity index (χ3v) is 4.28. The number of fused-ring (bicyclic) bond motifs is 1. The van der Waals surface area contributed by atoms with Gasteiger partial charge in [0.25, 0.3) is 0 Å². The molecule has 3 rings (SSSR count). The fraction of sp³-hybridized carbons (Fsp3) is 0.471. The Balaban J connectivity index is 1.52. The van der Waals surface area contributed by atoms with Crippen LogP contribution in [0.15, 0.2) is 23.5 Å². The van der Waals surface area contributed by atoms with Crippen molar-refractivity contribution in [3.05, 3.63) is 34.9 Å². The van der Waals surface area contributed by atoms with Crippen molar-refractivity contribution in [2.45, 2.75) is 26.4 Å². The van der Waals surface area contributed by atoms with E-state index >= 15 is 0 Å². The molecule has 0 aliphatic carbocycles. The van der Waals surface area contributed by atoms with E-state index in [0.29, 0.717) is 48.8 Å². The molecule has 2 heterocycles. The van der Waals surface area contributed by atoms with Gasteiger partial charge in [-0.05, 0) is 17.7 Å². The van der Waals surface area contributed by atoms with E-state index in [0.717, 1.165) is 24.4 Å². The van der Waals surface area contributed by atoms with E-state index in [-0.39, 0.29) is 0 Å². The normalized spacial score (nSPS) is 13.6. The van der Waals surface area contributed by atoms with Gasteiger partial charge < -0.3 is 24.7 Å². The largest absolute Gasteiger partial charge is 0.486 e. The minimum atomic E-state index is 0.521. The van der Waals surface area contributed by atoms with Crippen LogP contribution in [-0.2, 0) is 19.5 Å². The number of ether oxygens (including phenoxy) is 2. The summed E-state index contributed by atoms with van der Waals surface area (Å²) in [7, 11) is 1.74. The molecule has 2 aromatic rings. The summed E-state index contributed by atoms with van der Waals surface area (Å²) >= 11 is 6.27. The molecule has 0 saturated carbocycles. The lowest BCUT2D eigenvalue weighted by molar-refractivity contribution is 0.171. The molecule has 8 nitrogen and oxygen atoms in total. The highest BCUT2D eigenvalue weighted by molar-refractivity contribution is 6.32. The average Bonchev–Trinajstić information content (AvgIpc) is 3.12. The summed E-state index contributed by atoms with van der Waals surface area (Å²) in [5, 5.41) is 15.1. The lowest BCUT2D eigenvalue weighted by atomic mass is 10.2. The Bertz CT molecular complexity index is 777. The van der Waals surface area contributed by atoms with Crippen molar-refractivity contribution in [3.8, 4) is 11.5 Å². The molecule has 0 bridgehead atoms. The first-order valence-electron chi connectivity index (χ1n) is 8.60. The molecule has 0 radical (unpaired) electrons. The van der Waals surface area contributed by atoms with Crippen LogP contribution in [0.25, 0.3) is 0 Å². The molecule has 1 aromatic heterocycles. The summed E-state index contributed by atoms with van der Waals surface area (Å²) in [5.41, 5.74) is 0.995. The first-order chi connectivity index (χ1) is 12.7. The number of rotatable bonds is 6. The van der Waals surface area contributed by atoms with Crippen molar-refractivity contribution in [1.29, 1.82) is 0 Å². The number of aryl methyl sites for hydroxylation is 1. The van der Waals surface area contributed by atoms with E-state index in [1.807, 2.05) is 16.7 Å². The molecular weight excluding hydrogens is 356 g/mol. The number of guanidine groups is 1. The van der Waals surface area contributed by atoms with Gasteiger partial charge in [0.15, 0.2) is 17.5 Å². The molecule has 1 aliphatic heterocycles. The van der Waals surface area contributed by atoms with Gasteiger partial charge in [0.05, 0.1) is 5.02 Å². The van der Waals surface area contributed by atoms with Crippen LogP contribution in [0.1, 0.15) is 18.3 Å². The second kappa shape index (κ2) is 8.75. The summed E-state index contributed by atoms with van der Waals surface area (Å²) in [6, 6.07) is 3.81. The van der Waals surface area contributed by atoms with Crippen LogP contribution in [-0.4, -0.2) is 47.5 Å². The van der Waals surface area contributed by atoms with Crippen LogP contribution in [0.5, 0.6) is 11.5 Å². The number of hydrogen-bond acceptors (Lipinski definition) is 5. The topological polar surface area (TPSA) is 85.6 Å². The number of nitrogens with one attached hydrogen (secondary N) is 2. The summed E-state index contributed by atoms with van der Waals surface area (Å²) in [5.74, 6) is 2.98. The summed E-state index contributed by atoms with van der Waals surface area (Å²) in [6.07, 6.45) is 2.60. The maximum atomic E-state index is 6.27. The van der Waals surface area contributed by atoms with Crippen molar-refractivity contribution in [3.63, 3.8) is 0 Å². The monoisotopic (exact) mass is 378 g/mol. The summed E-state index contributed by atoms with van der Waals surface area (Å²) in [4.78, 5) is 4.24. The fourth-order valence-corrected chi connectivity index (χ4v) is 2.99. The van der Waals surface area contributed by atoms with Gasteiger partial charge in [-0.1, -0.05) is 18.5 Å². The smallest absolute Gasteiger partial charge is 0.191 e. The highest BCUT2D eigenvalue weighted by atomic mass is 35.5. The standard InChI is InChI=1S/C17H23ClN6O2/c1-3-15-23-22-11-24(15)5-4-20-17(19-2)21-10-12-8-13(18)16-14(9-12)25-6-7-26-16/h8-9,11H,3-7,10H2,1-2H3,(H2,19,20,21). The Hall–Kier alpha value is -2.48. The zero-order valence-corrected chi connectivity index (χ0v) is 15.7. The predicted molar refractivity (Wildman–Crippen MR) is 100 cm³/mol. The number of aliphatic imine (C=N–C) groups is 1. The Labute approximate surface area is 157 Å². The maximum absolute atomic E-state index is 6.27. The number of halogens is 1. The fourth-order valence-electron chi connectivity index (χ4n) is 2.71. The van der Waals surface area contributed by atoms with E-state index in [9.17, 15) is 0 Å². The third kappa shape index (κ3) is 4.37. The molecular formula is C17H23ClN6O2. The predicted octanol–water partition coefficient (Wildman–Crippen LogP) is 1.63. The van der Waals surface area contributed by atoms with Gasteiger partial charge >= 0.3 is 0 Å². The van der Waals surface area contributed by atoms with Crippen LogP contribution >= 0.6 is 11.6 Å². The average molecular weight is 379 g/mol. The van der Waals surface area contributed by atoms with E-state index in [1.54, 1.807) is 13.4 Å². The zero-order valence-electron chi connectivity index (χ0n) is 15.0. The molecule has 140 valence electrons. The number of benzene rings is 1. The molecule has 0 saturated heterocycles. The zero-order chi connectivity index (χ0) is 18.4. The molecule has 1 aliphatic rings. The Morgan fingerprint density at radius 2 is 2.15 bits per heavy atom. The summed E-state index contributed by atoms with van der Waals surface area (Å²) < 4.78 is 13.2. The molecule has 0 atom stereocenters. The molecule has 0 spiro atoms. The van der Waals surface area contributed by atoms with Crippen LogP contribution in [0.4, 0.5) is 0 Å². The number of aromatic nitrogens is 3. The van der Waals surface area contributed by atoms with Crippen molar-refractivity contribution in [2.75, 3.05) is 26.8 Å². The van der Waals surface area contributed by atoms with Crippen LogP contribution in [0, 0.1) is 0 Å². The molecule has 0 fully saturated rings. The van der Waals surface area contributed by atoms with Crippen molar-refractivity contribution < 1.29 is 9.47 Å². The molecule has 2 N–H and O–H groups in total. The van der Waals surface area contributed by atoms with E-state index < -0.39 is 0 Å². The van der Waals surface area contributed by atoms with Gasteiger partial charge in [0.2, 0.25) is 0 Å². The highest BCUT2D eigenvalue weighted by Crippen LogP contribution is 2.38. The lowest BCUT2D eigenvalue weighted by Crippen LogP contribution is -2.38. The summed E-state index contributed by atoms with van der Waals surface area (Å²) in [6.45, 7) is 5.18. The molecule has 0 unspecified atom stereocenters. The van der Waals surface area contributed by atoms with Gasteiger partial charge in [-0.25, -0.2) is 0 Å². The Morgan fingerprint density at radius 3 is 2.96 bits per heavy atom. The molecule has 1 aromatic carbocycles. The quantitative estimate of drug-likeness (QED) is 0.587. The maximum Gasteiger partial charge on any atom is 0.191 e. The van der Waals surface area contributed by atoms with Crippen LogP contribution in [0.3, 0.4) is 0 Å². The van der Waals surface area contributed by atoms with Gasteiger partial charge in [0.1, 0.15) is 25.4 Å². The van der Waals surface area contributed by atoms with Crippen molar-refractivity contribution in [2.24, 2.45) is 4.99 Å². The number of nitrogens with zero attached hydrogens (tertiary/aromatic N) is 4. The first kappa shape index (κ1) is 18.3. The second-order valence-electron chi connectivity index (χ2n) is 5.75. The Kier molecular flexibility index (Phi) is 6.17. The lowest BCUT2D eigenvalue weighted by Gasteiger charge is -2.20. The molecule has 0 amide bonds. The van der Waals surface area contributed by atoms with Gasteiger partial charge in [-0.3, -0.25) is 4.99 Å². The minimum absolute atomic E-state index is 0.521. The number of hydrogen-bond donors (Lipinski definition) is 2. The van der Waals surface area contributed by atoms with Gasteiger partial charge in [0, 0.05) is 33.1 Å². The molecule has 9 heteroatoms. The highest BCUT2D eigenvalue weighted by Gasteiger charge is 2.16.